The Morgan fingerprint density at radius 2 is 2.25 bits per heavy atom. The van der Waals surface area contributed by atoms with E-state index in [1.165, 1.54) is 11.3 Å². The molecule has 2 aromatic heterocycles. The zero-order valence-corrected chi connectivity index (χ0v) is 12.0. The third-order valence-corrected chi connectivity index (χ3v) is 3.83. The van der Waals surface area contributed by atoms with Gasteiger partial charge < -0.3 is 0 Å². The van der Waals surface area contributed by atoms with Crippen molar-refractivity contribution >= 4 is 22.9 Å². The molecule has 2 heterocycles. The summed E-state index contributed by atoms with van der Waals surface area (Å²) in [5.41, 5.74) is 2.53. The molecule has 0 radical (unpaired) electrons. The van der Waals surface area contributed by atoms with Crippen molar-refractivity contribution in [1.82, 2.24) is 20.0 Å². The van der Waals surface area contributed by atoms with Crippen LogP contribution in [0.2, 0.25) is 5.02 Å². The van der Waals surface area contributed by atoms with Crippen LogP contribution in [0.3, 0.4) is 0 Å². The molecule has 20 heavy (non-hydrogen) atoms. The largest absolute Gasteiger partial charge is 0.224 e. The van der Waals surface area contributed by atoms with Gasteiger partial charge in [0, 0.05) is 16.0 Å². The van der Waals surface area contributed by atoms with E-state index in [9.17, 15) is 5.26 Å². The zero-order chi connectivity index (χ0) is 14.1. The van der Waals surface area contributed by atoms with Crippen LogP contribution in [0, 0.1) is 18.3 Å². The Labute approximate surface area is 124 Å². The highest BCUT2D eigenvalue weighted by molar-refractivity contribution is 7.12. The molecule has 7 heteroatoms. The summed E-state index contributed by atoms with van der Waals surface area (Å²) >= 11 is 7.46. The molecule has 0 atom stereocenters. The van der Waals surface area contributed by atoms with Gasteiger partial charge in [0.2, 0.25) is 5.13 Å². The maximum absolute atomic E-state index is 9.20. The minimum Gasteiger partial charge on any atom is -0.224 e. The van der Waals surface area contributed by atoms with Gasteiger partial charge in [0.15, 0.2) is 5.69 Å². The lowest BCUT2D eigenvalue weighted by Crippen LogP contribution is -1.99. The normalized spacial score (nSPS) is 10.4. The predicted molar refractivity (Wildman–Crippen MR) is 76.9 cm³/mol. The number of benzene rings is 1. The van der Waals surface area contributed by atoms with E-state index in [4.69, 9.17) is 11.6 Å². The summed E-state index contributed by atoms with van der Waals surface area (Å²) < 4.78 is 1.57. The quantitative estimate of drug-likeness (QED) is 0.729. The van der Waals surface area contributed by atoms with Crippen LogP contribution in [0.1, 0.15) is 11.4 Å². The first-order valence-corrected chi connectivity index (χ1v) is 6.99. The van der Waals surface area contributed by atoms with Gasteiger partial charge in [0.25, 0.3) is 0 Å². The molecular formula is C13H8ClN5S. The highest BCUT2D eigenvalue weighted by Gasteiger charge is 2.18. The summed E-state index contributed by atoms with van der Waals surface area (Å²) in [5, 5.41) is 20.3. The fraction of sp³-hybridized carbons (Fsp3) is 0.0769. The number of hydrogen-bond donors (Lipinski definition) is 0. The first-order chi connectivity index (χ1) is 9.69. The molecule has 0 N–H and O–H groups in total. The van der Waals surface area contributed by atoms with Crippen molar-refractivity contribution in [2.45, 2.75) is 6.92 Å². The van der Waals surface area contributed by atoms with E-state index in [1.54, 1.807) is 16.8 Å². The van der Waals surface area contributed by atoms with Crippen molar-refractivity contribution in [3.8, 4) is 22.5 Å². The van der Waals surface area contributed by atoms with Gasteiger partial charge in [-0.1, -0.05) is 28.9 Å². The molecule has 0 saturated heterocycles. The lowest BCUT2D eigenvalue weighted by molar-refractivity contribution is 0.798. The molecule has 3 aromatic rings. The van der Waals surface area contributed by atoms with Gasteiger partial charge in [-0.25, -0.2) is 4.98 Å². The van der Waals surface area contributed by atoms with Crippen molar-refractivity contribution in [3.63, 3.8) is 0 Å². The maximum atomic E-state index is 9.20. The lowest BCUT2D eigenvalue weighted by Gasteiger charge is -2.03. The summed E-state index contributed by atoms with van der Waals surface area (Å²) in [6.07, 6.45) is 0. The predicted octanol–water partition coefficient (Wildman–Crippen LogP) is 3.22. The van der Waals surface area contributed by atoms with Crippen molar-refractivity contribution in [2.75, 3.05) is 0 Å². The highest BCUT2D eigenvalue weighted by atomic mass is 35.5. The topological polar surface area (TPSA) is 67.4 Å². The summed E-state index contributed by atoms with van der Waals surface area (Å²) in [5.74, 6) is 0. The van der Waals surface area contributed by atoms with Crippen LogP contribution in [0.5, 0.6) is 0 Å². The van der Waals surface area contributed by atoms with Gasteiger partial charge in [-0.2, -0.15) is 9.94 Å². The number of rotatable bonds is 2. The van der Waals surface area contributed by atoms with E-state index in [1.807, 2.05) is 30.5 Å². The van der Waals surface area contributed by atoms with Crippen LogP contribution in [-0.2, 0) is 0 Å². The molecule has 0 spiro atoms. The summed E-state index contributed by atoms with van der Waals surface area (Å²) in [6.45, 7) is 1.90. The van der Waals surface area contributed by atoms with Gasteiger partial charge in [0.05, 0.1) is 5.69 Å². The summed E-state index contributed by atoms with van der Waals surface area (Å²) in [7, 11) is 0. The van der Waals surface area contributed by atoms with Gasteiger partial charge in [-0.3, -0.25) is 0 Å². The van der Waals surface area contributed by atoms with Crippen LogP contribution >= 0.6 is 22.9 Å². The number of nitriles is 1. The minimum atomic E-state index is 0.250. The Morgan fingerprint density at radius 1 is 1.40 bits per heavy atom. The third-order valence-electron chi connectivity index (χ3n) is 2.66. The SMILES string of the molecule is Cc1csc(-n2nnc(C#N)c2-c2cccc(Cl)c2)n1. The monoisotopic (exact) mass is 301 g/mol. The Morgan fingerprint density at radius 3 is 2.90 bits per heavy atom. The van der Waals surface area contributed by atoms with Crippen LogP contribution < -0.4 is 0 Å². The van der Waals surface area contributed by atoms with E-state index in [0.29, 0.717) is 15.8 Å². The smallest absolute Gasteiger partial charge is 0.212 e. The van der Waals surface area contributed by atoms with Gasteiger partial charge in [0.1, 0.15) is 11.8 Å². The number of hydrogen-bond acceptors (Lipinski definition) is 5. The average Bonchev–Trinajstić information content (AvgIpc) is 3.04. The molecule has 0 saturated carbocycles. The Kier molecular flexibility index (Phi) is 3.22. The van der Waals surface area contributed by atoms with Gasteiger partial charge >= 0.3 is 0 Å². The molecule has 0 fully saturated rings. The van der Waals surface area contributed by atoms with Gasteiger partial charge in [-0.05, 0) is 19.1 Å². The maximum Gasteiger partial charge on any atom is 0.212 e. The first-order valence-electron chi connectivity index (χ1n) is 5.73. The number of thiazole rings is 1. The van der Waals surface area contributed by atoms with Crippen molar-refractivity contribution < 1.29 is 0 Å². The summed E-state index contributed by atoms with van der Waals surface area (Å²) in [6, 6.07) is 9.29. The summed E-state index contributed by atoms with van der Waals surface area (Å²) in [4.78, 5) is 4.37. The molecule has 0 aliphatic carbocycles. The Balaban J connectivity index is 2.24. The van der Waals surface area contributed by atoms with Crippen molar-refractivity contribution in [3.05, 3.63) is 46.1 Å². The van der Waals surface area contributed by atoms with Crippen molar-refractivity contribution in [1.29, 1.82) is 5.26 Å². The minimum absolute atomic E-state index is 0.250. The van der Waals surface area contributed by atoms with E-state index < -0.39 is 0 Å². The van der Waals surface area contributed by atoms with Crippen molar-refractivity contribution in [2.24, 2.45) is 0 Å². The molecule has 1 aromatic carbocycles. The fourth-order valence-corrected chi connectivity index (χ4v) is 2.77. The highest BCUT2D eigenvalue weighted by Crippen LogP contribution is 2.28. The van der Waals surface area contributed by atoms with Crippen LogP contribution in [0.25, 0.3) is 16.4 Å². The molecule has 98 valence electrons. The van der Waals surface area contributed by atoms with E-state index in [-0.39, 0.29) is 5.69 Å². The Hall–Kier alpha value is -2.23. The molecule has 0 unspecified atom stereocenters. The molecule has 0 bridgehead atoms. The molecule has 3 rings (SSSR count). The van der Waals surface area contributed by atoms with Crippen LogP contribution in [0.15, 0.2) is 29.6 Å². The second-order valence-electron chi connectivity index (χ2n) is 4.09. The molecule has 0 aliphatic rings. The number of aromatic nitrogens is 4. The van der Waals surface area contributed by atoms with E-state index in [0.717, 1.165) is 11.3 Å². The zero-order valence-electron chi connectivity index (χ0n) is 10.4. The number of halogens is 1. The van der Waals surface area contributed by atoms with Gasteiger partial charge in [-0.15, -0.1) is 16.4 Å². The van der Waals surface area contributed by atoms with E-state index >= 15 is 0 Å². The number of aryl methyl sites for hydroxylation is 1. The molecular weight excluding hydrogens is 294 g/mol. The second-order valence-corrected chi connectivity index (χ2v) is 5.37. The fourth-order valence-electron chi connectivity index (χ4n) is 1.82. The first kappa shape index (κ1) is 12.8. The van der Waals surface area contributed by atoms with E-state index in [2.05, 4.69) is 15.3 Å². The lowest BCUT2D eigenvalue weighted by atomic mass is 10.1. The number of nitrogens with zero attached hydrogens (tertiary/aromatic N) is 5. The van der Waals surface area contributed by atoms with Crippen LogP contribution in [-0.4, -0.2) is 20.0 Å². The second kappa shape index (κ2) is 5.04. The third kappa shape index (κ3) is 2.18. The molecule has 5 nitrogen and oxygen atoms in total. The average molecular weight is 302 g/mol. The molecule has 0 aliphatic heterocycles. The van der Waals surface area contributed by atoms with Crippen LogP contribution in [0.4, 0.5) is 0 Å². The molecule has 0 amide bonds. The standard InChI is InChI=1S/C13H8ClN5S/c1-8-7-20-13(16-8)19-12(11(6-15)17-18-19)9-3-2-4-10(14)5-9/h2-5,7H,1H3. The Bertz CT molecular complexity index is 814.